The Balaban J connectivity index is 1.35. The van der Waals surface area contributed by atoms with E-state index >= 15 is 0 Å². The number of hydrogen-bond donors (Lipinski definition) is 0. The molecular formula is C26H36N4O2. The first-order valence-electron chi connectivity index (χ1n) is 12.1. The molecule has 2 aromatic rings. The van der Waals surface area contributed by atoms with Gasteiger partial charge in [-0.15, -0.1) is 0 Å². The number of aryl methyl sites for hydroxylation is 2. The molecule has 0 aliphatic carbocycles. The van der Waals surface area contributed by atoms with Crippen molar-refractivity contribution in [3.63, 3.8) is 0 Å². The number of piperidine rings is 1. The van der Waals surface area contributed by atoms with Crippen molar-refractivity contribution in [1.82, 2.24) is 19.4 Å². The summed E-state index contributed by atoms with van der Waals surface area (Å²) in [5.74, 6) is 1.79. The lowest BCUT2D eigenvalue weighted by Crippen LogP contribution is -2.49. The Morgan fingerprint density at radius 1 is 1.12 bits per heavy atom. The van der Waals surface area contributed by atoms with Crippen molar-refractivity contribution < 1.29 is 9.59 Å². The number of imidazole rings is 1. The zero-order chi connectivity index (χ0) is 22.6. The van der Waals surface area contributed by atoms with Gasteiger partial charge in [-0.2, -0.15) is 0 Å². The van der Waals surface area contributed by atoms with Crippen LogP contribution >= 0.6 is 0 Å². The first-order chi connectivity index (χ1) is 15.5. The molecule has 2 aliphatic rings. The maximum Gasteiger partial charge on any atom is 0.229 e. The monoisotopic (exact) mass is 436 g/mol. The van der Waals surface area contributed by atoms with Crippen LogP contribution in [0.5, 0.6) is 0 Å². The maximum atomic E-state index is 13.7. The molecule has 1 atom stereocenters. The summed E-state index contributed by atoms with van der Waals surface area (Å²) in [6.07, 6.45) is 9.15. The average molecular weight is 437 g/mol. The molecule has 172 valence electrons. The quantitative estimate of drug-likeness (QED) is 0.687. The average Bonchev–Trinajstić information content (AvgIpc) is 3.18. The predicted octanol–water partition coefficient (Wildman–Crippen LogP) is 4.04. The first-order valence-corrected chi connectivity index (χ1v) is 12.1. The number of likely N-dealkylation sites (tertiary alicyclic amines) is 2. The Kier molecular flexibility index (Phi) is 6.97. The molecule has 1 aromatic heterocycles. The van der Waals surface area contributed by atoms with E-state index in [0.29, 0.717) is 31.3 Å². The van der Waals surface area contributed by atoms with Crippen molar-refractivity contribution in [2.45, 2.75) is 65.5 Å². The molecule has 0 N–H and O–H groups in total. The van der Waals surface area contributed by atoms with Crippen LogP contribution in [0.15, 0.2) is 42.7 Å². The predicted molar refractivity (Wildman–Crippen MR) is 125 cm³/mol. The molecule has 2 saturated heterocycles. The van der Waals surface area contributed by atoms with Crippen LogP contribution in [0.1, 0.15) is 56.8 Å². The highest BCUT2D eigenvalue weighted by Gasteiger charge is 2.45. The first kappa shape index (κ1) is 22.6. The van der Waals surface area contributed by atoms with Crippen LogP contribution in [0.25, 0.3) is 0 Å². The molecule has 4 rings (SSSR count). The van der Waals surface area contributed by atoms with Gasteiger partial charge in [-0.25, -0.2) is 4.98 Å². The Labute approximate surface area is 191 Å². The summed E-state index contributed by atoms with van der Waals surface area (Å²) in [4.78, 5) is 34.7. The summed E-state index contributed by atoms with van der Waals surface area (Å²) in [6, 6.07) is 10.3. The lowest BCUT2D eigenvalue weighted by Gasteiger charge is -2.43. The minimum atomic E-state index is -0.325. The summed E-state index contributed by atoms with van der Waals surface area (Å²) in [6.45, 7) is 7.87. The van der Waals surface area contributed by atoms with E-state index in [-0.39, 0.29) is 11.3 Å². The van der Waals surface area contributed by atoms with E-state index in [1.807, 2.05) is 40.8 Å². The number of rotatable bonds is 6. The number of carbonyl (C=O) groups excluding carboxylic acids is 2. The Hall–Kier alpha value is -2.63. The number of amides is 2. The smallest absolute Gasteiger partial charge is 0.229 e. The number of benzene rings is 1. The van der Waals surface area contributed by atoms with Crippen molar-refractivity contribution in [2.24, 2.45) is 11.3 Å². The van der Waals surface area contributed by atoms with Crippen molar-refractivity contribution in [3.8, 4) is 0 Å². The molecule has 0 saturated carbocycles. The van der Waals surface area contributed by atoms with E-state index in [2.05, 4.69) is 28.9 Å². The molecule has 2 aliphatic heterocycles. The van der Waals surface area contributed by atoms with Crippen molar-refractivity contribution in [2.75, 3.05) is 19.6 Å². The van der Waals surface area contributed by atoms with Crippen LogP contribution in [0.3, 0.4) is 0 Å². The summed E-state index contributed by atoms with van der Waals surface area (Å²) < 4.78 is 2.03. The molecule has 1 aromatic carbocycles. The van der Waals surface area contributed by atoms with Crippen molar-refractivity contribution >= 4 is 11.8 Å². The van der Waals surface area contributed by atoms with E-state index in [9.17, 15) is 9.59 Å². The lowest BCUT2D eigenvalue weighted by atomic mass is 9.69. The van der Waals surface area contributed by atoms with Crippen LogP contribution in [-0.2, 0) is 22.7 Å². The van der Waals surface area contributed by atoms with E-state index in [1.54, 1.807) is 6.20 Å². The molecule has 6 heteroatoms. The lowest BCUT2D eigenvalue weighted by molar-refractivity contribution is -0.146. The van der Waals surface area contributed by atoms with E-state index in [0.717, 1.165) is 57.6 Å². The standard InChI is InChI=1S/C26H36N4O2/c1-21-27-14-19-28(21)18-12-24(31)29-16-10-23(11-17-29)26(2)13-6-7-15-30(25(26)32)20-22-8-4-3-5-9-22/h3-5,8-9,14,19,23H,6-7,10-13,15-18,20H2,1-2H3. The summed E-state index contributed by atoms with van der Waals surface area (Å²) >= 11 is 0. The molecular weight excluding hydrogens is 400 g/mol. The molecule has 0 spiro atoms. The molecule has 2 amide bonds. The Morgan fingerprint density at radius 3 is 2.56 bits per heavy atom. The van der Waals surface area contributed by atoms with Gasteiger partial charge in [0.15, 0.2) is 0 Å². The van der Waals surface area contributed by atoms with Crippen molar-refractivity contribution in [3.05, 3.63) is 54.1 Å². The molecule has 2 fully saturated rings. The molecule has 3 heterocycles. The van der Waals surface area contributed by atoms with Gasteiger partial charge in [-0.1, -0.05) is 43.7 Å². The summed E-state index contributed by atoms with van der Waals surface area (Å²) in [5.41, 5.74) is 0.868. The van der Waals surface area contributed by atoms with E-state index in [1.165, 1.54) is 5.56 Å². The number of aromatic nitrogens is 2. The van der Waals surface area contributed by atoms with Crippen LogP contribution in [0.4, 0.5) is 0 Å². The van der Waals surface area contributed by atoms with Crippen LogP contribution in [0, 0.1) is 18.3 Å². The normalized spacial score (nSPS) is 22.8. The fourth-order valence-corrected chi connectivity index (χ4v) is 5.48. The third-order valence-electron chi connectivity index (χ3n) is 7.61. The molecule has 6 nitrogen and oxygen atoms in total. The fourth-order valence-electron chi connectivity index (χ4n) is 5.48. The molecule has 32 heavy (non-hydrogen) atoms. The minimum Gasteiger partial charge on any atom is -0.343 e. The van der Waals surface area contributed by atoms with Gasteiger partial charge in [0.1, 0.15) is 5.82 Å². The number of hydrogen-bond acceptors (Lipinski definition) is 3. The third kappa shape index (κ3) is 4.89. The van der Waals surface area contributed by atoms with E-state index < -0.39 is 0 Å². The van der Waals surface area contributed by atoms with Crippen LogP contribution in [0.2, 0.25) is 0 Å². The maximum absolute atomic E-state index is 13.7. The molecule has 0 radical (unpaired) electrons. The van der Waals surface area contributed by atoms with E-state index in [4.69, 9.17) is 0 Å². The number of carbonyl (C=O) groups is 2. The van der Waals surface area contributed by atoms with Gasteiger partial charge in [-0.05, 0) is 44.1 Å². The van der Waals surface area contributed by atoms with Gasteiger partial charge < -0.3 is 14.4 Å². The second kappa shape index (κ2) is 9.88. The molecule has 1 unspecified atom stereocenters. The second-order valence-electron chi connectivity index (χ2n) is 9.66. The summed E-state index contributed by atoms with van der Waals surface area (Å²) in [5, 5.41) is 0. The zero-order valence-electron chi connectivity index (χ0n) is 19.5. The Morgan fingerprint density at radius 2 is 1.88 bits per heavy atom. The highest BCUT2D eigenvalue weighted by Crippen LogP contribution is 2.43. The van der Waals surface area contributed by atoms with Gasteiger partial charge in [0, 0.05) is 57.0 Å². The Bertz CT molecular complexity index is 917. The van der Waals surface area contributed by atoms with Crippen LogP contribution in [-0.4, -0.2) is 50.8 Å². The minimum absolute atomic E-state index is 0.208. The highest BCUT2D eigenvalue weighted by molar-refractivity contribution is 5.83. The van der Waals surface area contributed by atoms with Gasteiger partial charge in [0.05, 0.1) is 0 Å². The largest absolute Gasteiger partial charge is 0.343 e. The zero-order valence-corrected chi connectivity index (χ0v) is 19.5. The molecule has 0 bridgehead atoms. The van der Waals surface area contributed by atoms with Gasteiger partial charge in [0.2, 0.25) is 11.8 Å². The van der Waals surface area contributed by atoms with Crippen molar-refractivity contribution in [1.29, 1.82) is 0 Å². The summed E-state index contributed by atoms with van der Waals surface area (Å²) in [7, 11) is 0. The SMILES string of the molecule is Cc1nccn1CCC(=O)N1CCC(C2(C)CCCCN(Cc3ccccc3)C2=O)CC1. The fraction of sp³-hybridized carbons (Fsp3) is 0.577. The number of nitrogens with zero attached hydrogens (tertiary/aromatic N) is 4. The van der Waals surface area contributed by atoms with Gasteiger partial charge >= 0.3 is 0 Å². The van der Waals surface area contributed by atoms with Crippen LogP contribution < -0.4 is 0 Å². The highest BCUT2D eigenvalue weighted by atomic mass is 16.2. The topological polar surface area (TPSA) is 58.4 Å². The third-order valence-corrected chi connectivity index (χ3v) is 7.61. The van der Waals surface area contributed by atoms with Gasteiger partial charge in [0.25, 0.3) is 0 Å². The second-order valence-corrected chi connectivity index (χ2v) is 9.66. The van der Waals surface area contributed by atoms with Gasteiger partial charge in [-0.3, -0.25) is 9.59 Å².